The highest BCUT2D eigenvalue weighted by Crippen LogP contribution is 2.29. The van der Waals surface area contributed by atoms with E-state index in [1.807, 2.05) is 0 Å². The zero-order chi connectivity index (χ0) is 19.5. The van der Waals surface area contributed by atoms with Crippen LogP contribution in [0.1, 0.15) is 24.0 Å². The van der Waals surface area contributed by atoms with Crippen LogP contribution in [0.4, 0.5) is 13.2 Å². The van der Waals surface area contributed by atoms with Gasteiger partial charge in [-0.05, 0) is 17.7 Å². The maximum Gasteiger partial charge on any atom is 0.416 e. The van der Waals surface area contributed by atoms with Crippen molar-refractivity contribution >= 4 is 23.5 Å². The van der Waals surface area contributed by atoms with Gasteiger partial charge in [0.1, 0.15) is 12.3 Å². The van der Waals surface area contributed by atoms with E-state index in [1.165, 1.54) is 19.2 Å². The number of hydrogen-bond donors (Lipinski definition) is 1. The van der Waals surface area contributed by atoms with Crippen LogP contribution in [0.25, 0.3) is 0 Å². The third kappa shape index (κ3) is 4.80. The second-order valence-electron chi connectivity index (χ2n) is 5.71. The van der Waals surface area contributed by atoms with Crippen LogP contribution in [0.2, 0.25) is 0 Å². The first kappa shape index (κ1) is 19.4. The number of hydrazone groups is 1. The fourth-order valence-corrected chi connectivity index (χ4v) is 2.39. The van der Waals surface area contributed by atoms with E-state index >= 15 is 0 Å². The Morgan fingerprint density at radius 1 is 1.23 bits per heavy atom. The number of carboxylic acid groups (broad SMARTS) is 1. The second kappa shape index (κ2) is 7.54. The Hall–Kier alpha value is -2.91. The predicted molar refractivity (Wildman–Crippen MR) is 83.9 cm³/mol. The van der Waals surface area contributed by atoms with Gasteiger partial charge >= 0.3 is 12.1 Å². The van der Waals surface area contributed by atoms with Gasteiger partial charge in [-0.15, -0.1) is 0 Å². The summed E-state index contributed by atoms with van der Waals surface area (Å²) >= 11 is 0. The first-order valence-corrected chi connectivity index (χ1v) is 7.59. The fourth-order valence-electron chi connectivity index (χ4n) is 2.39. The van der Waals surface area contributed by atoms with Gasteiger partial charge in [-0.1, -0.05) is 12.1 Å². The minimum atomic E-state index is -4.48. The van der Waals surface area contributed by atoms with Gasteiger partial charge in [0, 0.05) is 26.4 Å². The van der Waals surface area contributed by atoms with E-state index in [0.29, 0.717) is 5.56 Å². The molecule has 1 N–H and O–H groups in total. The summed E-state index contributed by atoms with van der Waals surface area (Å²) < 4.78 is 37.8. The van der Waals surface area contributed by atoms with Crippen LogP contribution in [-0.2, 0) is 27.1 Å². The van der Waals surface area contributed by atoms with Crippen molar-refractivity contribution in [2.75, 3.05) is 13.6 Å². The number of benzene rings is 1. The van der Waals surface area contributed by atoms with Crippen LogP contribution in [0, 0.1) is 0 Å². The number of hydrogen-bond acceptors (Lipinski definition) is 4. The van der Waals surface area contributed by atoms with E-state index in [9.17, 15) is 27.6 Å². The average molecular weight is 371 g/mol. The molecule has 0 aromatic heterocycles. The molecule has 0 spiro atoms. The van der Waals surface area contributed by atoms with E-state index in [0.717, 1.165) is 22.0 Å². The Kier molecular flexibility index (Phi) is 5.63. The van der Waals surface area contributed by atoms with Gasteiger partial charge in [0.25, 0.3) is 5.91 Å². The number of rotatable bonds is 5. The Balaban J connectivity index is 2.19. The van der Waals surface area contributed by atoms with Gasteiger partial charge < -0.3 is 10.0 Å². The van der Waals surface area contributed by atoms with E-state index in [4.69, 9.17) is 5.11 Å². The molecule has 26 heavy (non-hydrogen) atoms. The fraction of sp³-hybridized carbons (Fsp3) is 0.375. The Morgan fingerprint density at radius 2 is 1.85 bits per heavy atom. The zero-order valence-corrected chi connectivity index (χ0v) is 13.8. The third-order valence-electron chi connectivity index (χ3n) is 3.72. The molecule has 0 saturated heterocycles. The Morgan fingerprint density at radius 3 is 2.35 bits per heavy atom. The molecule has 1 aromatic carbocycles. The summed E-state index contributed by atoms with van der Waals surface area (Å²) in [6, 6.07) is 4.10. The minimum Gasteiger partial charge on any atom is -0.480 e. The molecule has 1 heterocycles. The topological polar surface area (TPSA) is 90.3 Å². The van der Waals surface area contributed by atoms with E-state index < -0.39 is 30.2 Å². The standard InChI is InChI=1S/C16H16F3N3O4/c1-21-13(23)7-6-12(20-21)15(26)22(9-14(24)25)8-10-2-4-11(5-3-10)16(17,18)19/h2-5H,6-9H2,1H3,(H,24,25). The number of nitrogens with zero attached hydrogens (tertiary/aromatic N) is 3. The van der Waals surface area contributed by atoms with Crippen molar-refractivity contribution in [2.24, 2.45) is 5.10 Å². The smallest absolute Gasteiger partial charge is 0.416 e. The van der Waals surface area contributed by atoms with E-state index in [1.54, 1.807) is 0 Å². The molecule has 2 rings (SSSR count). The highest BCUT2D eigenvalue weighted by Gasteiger charge is 2.30. The molecule has 0 fully saturated rings. The van der Waals surface area contributed by atoms with Crippen molar-refractivity contribution in [3.63, 3.8) is 0 Å². The van der Waals surface area contributed by atoms with Crippen LogP contribution in [0.5, 0.6) is 0 Å². The van der Waals surface area contributed by atoms with Crippen LogP contribution >= 0.6 is 0 Å². The van der Waals surface area contributed by atoms with E-state index in [2.05, 4.69) is 5.10 Å². The van der Waals surface area contributed by atoms with Gasteiger partial charge in [-0.2, -0.15) is 18.3 Å². The number of halogens is 3. The van der Waals surface area contributed by atoms with Gasteiger partial charge in [-0.3, -0.25) is 14.4 Å². The summed E-state index contributed by atoms with van der Waals surface area (Å²) in [6.45, 7) is -0.837. The quantitative estimate of drug-likeness (QED) is 0.854. The molecule has 1 aliphatic heterocycles. The molecule has 2 amide bonds. The molecule has 0 bridgehead atoms. The SMILES string of the molecule is CN1N=C(C(=O)N(CC(=O)O)Cc2ccc(C(F)(F)F)cc2)CCC1=O. The predicted octanol–water partition coefficient (Wildman–Crippen LogP) is 1.73. The summed E-state index contributed by atoms with van der Waals surface area (Å²) in [5.74, 6) is -2.22. The van der Waals surface area contributed by atoms with Crippen molar-refractivity contribution < 1.29 is 32.7 Å². The first-order valence-electron chi connectivity index (χ1n) is 7.59. The average Bonchev–Trinajstić information content (AvgIpc) is 2.55. The van der Waals surface area contributed by atoms with Gasteiger partial charge in [0.05, 0.1) is 5.56 Å². The molecule has 0 saturated carbocycles. The summed E-state index contributed by atoms with van der Waals surface area (Å²) in [5.41, 5.74) is -0.470. The Labute approximate surface area is 146 Å². The molecule has 0 atom stereocenters. The minimum absolute atomic E-state index is 0.0280. The number of carbonyl (C=O) groups is 3. The highest BCUT2D eigenvalue weighted by molar-refractivity contribution is 6.39. The van der Waals surface area contributed by atoms with Gasteiger partial charge in [-0.25, -0.2) is 5.01 Å². The molecule has 7 nitrogen and oxygen atoms in total. The molecule has 0 aliphatic carbocycles. The number of carboxylic acids is 1. The van der Waals surface area contributed by atoms with Crippen LogP contribution in [0.3, 0.4) is 0 Å². The molecule has 140 valence electrons. The molecule has 10 heteroatoms. The van der Waals surface area contributed by atoms with Crippen LogP contribution in [-0.4, -0.2) is 52.1 Å². The van der Waals surface area contributed by atoms with Crippen LogP contribution in [0.15, 0.2) is 29.4 Å². The number of aliphatic carboxylic acids is 1. The maximum atomic E-state index is 12.6. The largest absolute Gasteiger partial charge is 0.480 e. The van der Waals surface area contributed by atoms with Gasteiger partial charge in [0.2, 0.25) is 5.91 Å². The highest BCUT2D eigenvalue weighted by atomic mass is 19.4. The van der Waals surface area contributed by atoms with Crippen molar-refractivity contribution in [3.8, 4) is 0 Å². The molecule has 1 aliphatic rings. The molecule has 1 aromatic rings. The summed E-state index contributed by atoms with van der Waals surface area (Å²) in [6.07, 6.45) is -4.34. The summed E-state index contributed by atoms with van der Waals surface area (Å²) in [7, 11) is 1.38. The molecular formula is C16H16F3N3O4. The third-order valence-corrected chi connectivity index (χ3v) is 3.72. The number of alkyl halides is 3. The maximum absolute atomic E-state index is 12.6. The lowest BCUT2D eigenvalue weighted by molar-refractivity contribution is -0.142. The summed E-state index contributed by atoms with van der Waals surface area (Å²) in [4.78, 5) is 36.0. The second-order valence-corrected chi connectivity index (χ2v) is 5.71. The van der Waals surface area contributed by atoms with Gasteiger partial charge in [0.15, 0.2) is 0 Å². The van der Waals surface area contributed by atoms with Crippen LogP contribution < -0.4 is 0 Å². The molecule has 0 unspecified atom stereocenters. The lowest BCUT2D eigenvalue weighted by Crippen LogP contribution is -2.42. The van der Waals surface area contributed by atoms with Crippen molar-refractivity contribution in [2.45, 2.75) is 25.6 Å². The zero-order valence-electron chi connectivity index (χ0n) is 13.8. The number of amides is 2. The number of carbonyl (C=O) groups excluding carboxylic acids is 2. The molecular weight excluding hydrogens is 355 g/mol. The Bertz CT molecular complexity index is 744. The molecule has 0 radical (unpaired) electrons. The summed E-state index contributed by atoms with van der Waals surface area (Å²) in [5, 5.41) is 13.9. The monoisotopic (exact) mass is 371 g/mol. The van der Waals surface area contributed by atoms with E-state index in [-0.39, 0.29) is 31.0 Å². The van der Waals surface area contributed by atoms with Crippen molar-refractivity contribution in [1.82, 2.24) is 9.91 Å². The lowest BCUT2D eigenvalue weighted by Gasteiger charge is -2.25. The first-order chi connectivity index (χ1) is 12.1. The van der Waals surface area contributed by atoms with Crippen molar-refractivity contribution in [1.29, 1.82) is 0 Å². The van der Waals surface area contributed by atoms with Crippen molar-refractivity contribution in [3.05, 3.63) is 35.4 Å². The normalized spacial score (nSPS) is 14.8. The lowest BCUT2D eigenvalue weighted by atomic mass is 10.1.